The maximum absolute atomic E-state index is 12.1. The van der Waals surface area contributed by atoms with Gasteiger partial charge in [-0.15, -0.1) is 10.2 Å². The molecule has 1 aromatic heterocycles. The predicted octanol–water partition coefficient (Wildman–Crippen LogP) is 4.34. The summed E-state index contributed by atoms with van der Waals surface area (Å²) in [4.78, 5) is 22.3. The molecule has 10 heteroatoms. The van der Waals surface area contributed by atoms with E-state index < -0.39 is 10.8 Å². The second-order valence-electron chi connectivity index (χ2n) is 5.50. The molecule has 0 aliphatic carbocycles. The summed E-state index contributed by atoms with van der Waals surface area (Å²) in [5, 5.41) is 21.7. The van der Waals surface area contributed by atoms with Gasteiger partial charge in [0.1, 0.15) is 0 Å². The molecule has 1 heterocycles. The number of anilines is 1. The third-order valence-electron chi connectivity index (χ3n) is 3.47. The van der Waals surface area contributed by atoms with E-state index in [4.69, 9.17) is 16.0 Å². The number of nitro groups is 1. The quantitative estimate of drug-likeness (QED) is 0.369. The van der Waals surface area contributed by atoms with Crippen molar-refractivity contribution in [3.8, 4) is 11.5 Å². The third-order valence-corrected chi connectivity index (χ3v) is 4.61. The van der Waals surface area contributed by atoms with Gasteiger partial charge in [0, 0.05) is 17.7 Å². The number of halogens is 1. The van der Waals surface area contributed by atoms with Crippen molar-refractivity contribution < 1.29 is 14.1 Å². The summed E-state index contributed by atoms with van der Waals surface area (Å²) in [5.41, 5.74) is 1.90. The van der Waals surface area contributed by atoms with E-state index in [1.54, 1.807) is 0 Å². The molecule has 1 N–H and O–H groups in total. The molecule has 0 radical (unpaired) electrons. The molecular formula is C17H13ClN4O4S. The minimum atomic E-state index is -0.564. The van der Waals surface area contributed by atoms with E-state index in [9.17, 15) is 14.9 Å². The van der Waals surface area contributed by atoms with Gasteiger partial charge in [-0.05, 0) is 25.1 Å². The molecule has 3 rings (SSSR count). The second kappa shape index (κ2) is 8.19. The van der Waals surface area contributed by atoms with E-state index in [1.165, 1.54) is 18.2 Å². The topological polar surface area (TPSA) is 111 Å². The highest BCUT2D eigenvalue weighted by molar-refractivity contribution is 7.99. The van der Waals surface area contributed by atoms with Crippen LogP contribution in [0.2, 0.25) is 5.02 Å². The van der Waals surface area contributed by atoms with Gasteiger partial charge < -0.3 is 9.73 Å². The number of thioether (sulfide) groups is 1. The molecule has 0 aliphatic rings. The number of hydrogen-bond donors (Lipinski definition) is 1. The number of rotatable bonds is 6. The molecule has 0 spiro atoms. The molecule has 0 atom stereocenters. The Labute approximate surface area is 163 Å². The molecule has 2 aromatic carbocycles. The number of aryl methyl sites for hydroxylation is 1. The third kappa shape index (κ3) is 4.83. The van der Waals surface area contributed by atoms with E-state index in [1.807, 2.05) is 31.2 Å². The van der Waals surface area contributed by atoms with Gasteiger partial charge in [0.2, 0.25) is 11.8 Å². The maximum atomic E-state index is 12.1. The van der Waals surface area contributed by atoms with Gasteiger partial charge in [-0.25, -0.2) is 0 Å². The summed E-state index contributed by atoms with van der Waals surface area (Å²) in [5.74, 6) is -0.0636. The van der Waals surface area contributed by atoms with Crippen molar-refractivity contribution in [1.82, 2.24) is 10.2 Å². The number of non-ortho nitro benzene ring substituents is 1. The number of benzene rings is 2. The van der Waals surface area contributed by atoms with Crippen LogP contribution in [0.5, 0.6) is 0 Å². The fraction of sp³-hybridized carbons (Fsp3) is 0.118. The zero-order chi connectivity index (χ0) is 19.4. The predicted molar refractivity (Wildman–Crippen MR) is 102 cm³/mol. The summed E-state index contributed by atoms with van der Waals surface area (Å²) in [7, 11) is 0. The highest BCUT2D eigenvalue weighted by atomic mass is 35.5. The number of aromatic nitrogens is 2. The van der Waals surface area contributed by atoms with Crippen LogP contribution in [0, 0.1) is 17.0 Å². The lowest BCUT2D eigenvalue weighted by Crippen LogP contribution is -2.14. The zero-order valence-corrected chi connectivity index (χ0v) is 15.6. The molecule has 8 nitrogen and oxygen atoms in total. The van der Waals surface area contributed by atoms with Crippen molar-refractivity contribution >= 4 is 40.6 Å². The van der Waals surface area contributed by atoms with E-state index >= 15 is 0 Å². The molecule has 0 saturated heterocycles. The molecule has 0 aliphatic heterocycles. The van der Waals surface area contributed by atoms with Crippen LogP contribution in [0.15, 0.2) is 52.1 Å². The fourth-order valence-electron chi connectivity index (χ4n) is 2.12. The number of carbonyl (C=O) groups is 1. The molecular weight excluding hydrogens is 392 g/mol. The molecule has 27 heavy (non-hydrogen) atoms. The Morgan fingerprint density at radius 3 is 2.70 bits per heavy atom. The lowest BCUT2D eigenvalue weighted by Gasteiger charge is -2.06. The SMILES string of the molecule is Cc1ccc(-c2nnc(SCC(=O)Nc3cc([N+](=O)[O-])ccc3Cl)o2)cc1. The molecule has 138 valence electrons. The van der Waals surface area contributed by atoms with E-state index in [0.29, 0.717) is 5.89 Å². The Morgan fingerprint density at radius 1 is 1.26 bits per heavy atom. The Kier molecular flexibility index (Phi) is 5.72. The number of nitrogens with zero attached hydrogens (tertiary/aromatic N) is 3. The van der Waals surface area contributed by atoms with Crippen LogP contribution >= 0.6 is 23.4 Å². The van der Waals surface area contributed by atoms with Crippen molar-refractivity contribution in [1.29, 1.82) is 0 Å². The van der Waals surface area contributed by atoms with Crippen LogP contribution in [0.25, 0.3) is 11.5 Å². The summed E-state index contributed by atoms with van der Waals surface area (Å²) in [6.45, 7) is 1.98. The number of hydrogen-bond acceptors (Lipinski definition) is 7. The lowest BCUT2D eigenvalue weighted by atomic mass is 10.1. The average molecular weight is 405 g/mol. The first kappa shape index (κ1) is 18.9. The van der Waals surface area contributed by atoms with Crippen molar-refractivity contribution in [2.24, 2.45) is 0 Å². The van der Waals surface area contributed by atoms with Crippen LogP contribution in [-0.4, -0.2) is 26.8 Å². The highest BCUT2D eigenvalue weighted by Gasteiger charge is 2.14. The van der Waals surface area contributed by atoms with Gasteiger partial charge in [-0.3, -0.25) is 14.9 Å². The molecule has 0 fully saturated rings. The normalized spacial score (nSPS) is 10.6. The monoisotopic (exact) mass is 404 g/mol. The Morgan fingerprint density at radius 2 is 2.00 bits per heavy atom. The fourth-order valence-corrected chi connectivity index (χ4v) is 2.85. The van der Waals surface area contributed by atoms with Crippen LogP contribution in [-0.2, 0) is 4.79 Å². The van der Waals surface area contributed by atoms with Gasteiger partial charge >= 0.3 is 0 Å². The summed E-state index contributed by atoms with van der Waals surface area (Å²) in [6.07, 6.45) is 0. The van der Waals surface area contributed by atoms with Crippen LogP contribution < -0.4 is 5.32 Å². The van der Waals surface area contributed by atoms with Gasteiger partial charge in [0.25, 0.3) is 10.9 Å². The van der Waals surface area contributed by atoms with Crippen molar-refractivity contribution in [2.75, 3.05) is 11.1 Å². The largest absolute Gasteiger partial charge is 0.411 e. The van der Waals surface area contributed by atoms with Gasteiger partial charge in [-0.2, -0.15) is 0 Å². The molecule has 1 amide bonds. The van der Waals surface area contributed by atoms with E-state index in [2.05, 4.69) is 15.5 Å². The molecule has 0 unspecified atom stereocenters. The van der Waals surface area contributed by atoms with Crippen LogP contribution in [0.3, 0.4) is 0 Å². The first-order valence-electron chi connectivity index (χ1n) is 7.69. The number of amides is 1. The van der Waals surface area contributed by atoms with E-state index in [0.717, 1.165) is 22.9 Å². The van der Waals surface area contributed by atoms with Gasteiger partial charge in [0.15, 0.2) is 0 Å². The number of nitro benzene ring substituents is 1. The summed E-state index contributed by atoms with van der Waals surface area (Å²) < 4.78 is 5.53. The summed E-state index contributed by atoms with van der Waals surface area (Å²) in [6, 6.07) is 11.4. The first-order valence-corrected chi connectivity index (χ1v) is 9.06. The second-order valence-corrected chi connectivity index (χ2v) is 6.83. The minimum Gasteiger partial charge on any atom is -0.411 e. The number of carbonyl (C=O) groups excluding carboxylic acids is 1. The smallest absolute Gasteiger partial charge is 0.277 e. The van der Waals surface area contributed by atoms with Crippen molar-refractivity contribution in [2.45, 2.75) is 12.1 Å². The van der Waals surface area contributed by atoms with Crippen LogP contribution in [0.4, 0.5) is 11.4 Å². The Balaban J connectivity index is 1.61. The maximum Gasteiger partial charge on any atom is 0.277 e. The molecule has 0 saturated carbocycles. The summed E-state index contributed by atoms with van der Waals surface area (Å²) >= 11 is 7.01. The minimum absolute atomic E-state index is 0.0193. The van der Waals surface area contributed by atoms with Crippen molar-refractivity contribution in [3.05, 3.63) is 63.2 Å². The molecule has 0 bridgehead atoms. The average Bonchev–Trinajstić information content (AvgIpc) is 3.11. The zero-order valence-electron chi connectivity index (χ0n) is 14.0. The van der Waals surface area contributed by atoms with Crippen molar-refractivity contribution in [3.63, 3.8) is 0 Å². The Bertz CT molecular complexity index is 991. The van der Waals surface area contributed by atoms with Gasteiger partial charge in [0.05, 0.1) is 21.4 Å². The highest BCUT2D eigenvalue weighted by Crippen LogP contribution is 2.27. The van der Waals surface area contributed by atoms with E-state index in [-0.39, 0.29) is 27.4 Å². The Hall–Kier alpha value is -2.91. The molecule has 3 aromatic rings. The van der Waals surface area contributed by atoms with Crippen LogP contribution in [0.1, 0.15) is 5.56 Å². The number of nitrogens with one attached hydrogen (secondary N) is 1. The standard InChI is InChI=1S/C17H13ClN4O4S/c1-10-2-4-11(5-3-10)16-20-21-17(26-16)27-9-15(23)19-14-8-12(22(24)25)6-7-13(14)18/h2-8H,9H2,1H3,(H,19,23). The first-order chi connectivity index (χ1) is 12.9. The van der Waals surface area contributed by atoms with Gasteiger partial charge in [-0.1, -0.05) is 41.1 Å². The lowest BCUT2D eigenvalue weighted by molar-refractivity contribution is -0.384.